The van der Waals surface area contributed by atoms with Crippen LogP contribution in [-0.2, 0) is 11.2 Å². The second-order valence-electron chi connectivity index (χ2n) is 8.50. The Morgan fingerprint density at radius 3 is 2.51 bits per heavy atom. The van der Waals surface area contributed by atoms with Crippen molar-refractivity contribution in [2.45, 2.75) is 18.9 Å². The van der Waals surface area contributed by atoms with Gasteiger partial charge in [0.05, 0.1) is 34.9 Å². The first-order valence-corrected chi connectivity index (χ1v) is 11.5. The van der Waals surface area contributed by atoms with Crippen LogP contribution in [0.4, 0.5) is 10.5 Å². The summed E-state index contributed by atoms with van der Waals surface area (Å²) < 4.78 is 10.8. The lowest BCUT2D eigenvalue weighted by Crippen LogP contribution is -2.46. The molecule has 182 valence electrons. The molecule has 3 aromatic carbocycles. The molecule has 0 radical (unpaired) electrons. The number of hydrogen-bond acceptors (Lipinski definition) is 6. The van der Waals surface area contributed by atoms with E-state index in [9.17, 15) is 20.1 Å². The first-order chi connectivity index (χ1) is 18.0. The van der Waals surface area contributed by atoms with E-state index >= 15 is 0 Å². The molecule has 0 bridgehead atoms. The number of urea groups is 1. The topological polar surface area (TPSA) is 136 Å². The van der Waals surface area contributed by atoms with Crippen LogP contribution >= 0.6 is 0 Å². The number of amides is 3. The zero-order valence-electron chi connectivity index (χ0n) is 19.6. The fourth-order valence-electron chi connectivity index (χ4n) is 4.35. The first kappa shape index (κ1) is 23.5. The number of carbonyl (C=O) groups is 2. The number of aryl methyl sites for hydroxylation is 1. The highest BCUT2D eigenvalue weighted by Gasteiger charge is 2.33. The van der Waals surface area contributed by atoms with Gasteiger partial charge in [0.25, 0.3) is 5.91 Å². The van der Waals surface area contributed by atoms with Crippen molar-refractivity contribution in [2.75, 3.05) is 12.1 Å². The van der Waals surface area contributed by atoms with Gasteiger partial charge in [0, 0.05) is 11.4 Å². The summed E-state index contributed by atoms with van der Waals surface area (Å²) in [6.07, 6.45) is 0.889. The van der Waals surface area contributed by atoms with Crippen molar-refractivity contribution in [1.82, 2.24) is 10.6 Å². The highest BCUT2D eigenvalue weighted by Crippen LogP contribution is 2.34. The largest absolute Gasteiger partial charge is 0.454 e. The molecule has 0 saturated heterocycles. The van der Waals surface area contributed by atoms with Gasteiger partial charge in [-0.3, -0.25) is 4.79 Å². The van der Waals surface area contributed by atoms with E-state index in [-0.39, 0.29) is 6.79 Å². The summed E-state index contributed by atoms with van der Waals surface area (Å²) in [7, 11) is 0. The number of allylic oxidation sites excluding steroid dienone is 1. The highest BCUT2D eigenvalue weighted by molar-refractivity contribution is 6.07. The minimum absolute atomic E-state index is 0.173. The molecule has 2 aliphatic heterocycles. The molecular weight excluding hydrogens is 470 g/mol. The van der Waals surface area contributed by atoms with E-state index < -0.39 is 18.0 Å². The van der Waals surface area contributed by atoms with E-state index in [2.05, 4.69) is 28.1 Å². The molecule has 3 amide bonds. The molecule has 9 nitrogen and oxygen atoms in total. The van der Waals surface area contributed by atoms with Gasteiger partial charge in [0.2, 0.25) is 6.79 Å². The summed E-state index contributed by atoms with van der Waals surface area (Å²) in [5, 5.41) is 27.1. The van der Waals surface area contributed by atoms with E-state index in [1.807, 2.05) is 18.2 Å². The number of ether oxygens (including phenoxy) is 2. The van der Waals surface area contributed by atoms with Crippen LogP contribution in [0.5, 0.6) is 11.5 Å². The monoisotopic (exact) mass is 491 g/mol. The van der Waals surface area contributed by atoms with Crippen molar-refractivity contribution in [1.29, 1.82) is 10.5 Å². The number of nitrogens with zero attached hydrogens (tertiary/aromatic N) is 2. The van der Waals surface area contributed by atoms with Gasteiger partial charge in [0.15, 0.2) is 11.5 Å². The van der Waals surface area contributed by atoms with Crippen LogP contribution in [0, 0.1) is 22.7 Å². The van der Waals surface area contributed by atoms with Crippen molar-refractivity contribution < 1.29 is 19.1 Å². The van der Waals surface area contributed by atoms with Gasteiger partial charge in [0.1, 0.15) is 0 Å². The number of rotatable bonds is 6. The Balaban J connectivity index is 1.51. The summed E-state index contributed by atoms with van der Waals surface area (Å²) in [6, 6.07) is 21.9. The number of fused-ring (bicyclic) bond motifs is 1. The lowest BCUT2D eigenvalue weighted by Gasteiger charge is -2.30. The van der Waals surface area contributed by atoms with Gasteiger partial charge in [-0.05, 0) is 66.4 Å². The number of carbonyl (C=O) groups excluding carboxylic acids is 2. The van der Waals surface area contributed by atoms with Gasteiger partial charge in [-0.15, -0.1) is 0 Å². The van der Waals surface area contributed by atoms with Crippen LogP contribution in [0.15, 0.2) is 78.0 Å². The van der Waals surface area contributed by atoms with Crippen LogP contribution in [-0.4, -0.2) is 18.7 Å². The molecule has 2 aliphatic rings. The van der Waals surface area contributed by atoms with Crippen molar-refractivity contribution in [3.05, 3.63) is 100 Å². The lowest BCUT2D eigenvalue weighted by molar-refractivity contribution is -0.113. The minimum Gasteiger partial charge on any atom is -0.454 e. The van der Waals surface area contributed by atoms with Crippen molar-refractivity contribution in [3.63, 3.8) is 0 Å². The third-order valence-electron chi connectivity index (χ3n) is 6.10. The van der Waals surface area contributed by atoms with Gasteiger partial charge in [-0.2, -0.15) is 10.5 Å². The maximum absolute atomic E-state index is 13.6. The van der Waals surface area contributed by atoms with Gasteiger partial charge < -0.3 is 25.4 Å². The summed E-state index contributed by atoms with van der Waals surface area (Å²) in [4.78, 5) is 26.3. The summed E-state index contributed by atoms with van der Waals surface area (Å²) in [5.74, 6) is 0.897. The average Bonchev–Trinajstić information content (AvgIpc) is 3.39. The maximum Gasteiger partial charge on any atom is 0.319 e. The van der Waals surface area contributed by atoms with Crippen molar-refractivity contribution in [3.8, 4) is 23.6 Å². The smallest absolute Gasteiger partial charge is 0.319 e. The lowest BCUT2D eigenvalue weighted by atomic mass is 9.91. The highest BCUT2D eigenvalue weighted by atomic mass is 16.7. The molecule has 2 heterocycles. The van der Waals surface area contributed by atoms with Crippen molar-refractivity contribution in [2.24, 2.45) is 0 Å². The number of anilines is 1. The Bertz CT molecular complexity index is 1520. The molecule has 0 saturated carbocycles. The van der Waals surface area contributed by atoms with Crippen molar-refractivity contribution >= 4 is 17.6 Å². The SMILES string of the molecule is N#Cc1cccc(NC(=O)C2=C(CCc3ccc4c(c3)OCO4)NC(=O)NC2c2cccc(C#N)c2)c1. The molecule has 1 atom stereocenters. The fraction of sp³-hybridized carbons (Fsp3) is 0.143. The average molecular weight is 492 g/mol. The Kier molecular flexibility index (Phi) is 6.43. The third kappa shape index (κ3) is 5.07. The summed E-state index contributed by atoms with van der Waals surface area (Å²) in [5.41, 5.74) is 3.60. The third-order valence-corrected chi connectivity index (χ3v) is 6.10. The minimum atomic E-state index is -0.784. The molecule has 9 heteroatoms. The fourth-order valence-corrected chi connectivity index (χ4v) is 4.35. The zero-order valence-corrected chi connectivity index (χ0v) is 19.6. The Hall–Kier alpha value is -5.28. The molecule has 0 aliphatic carbocycles. The van der Waals surface area contributed by atoms with E-state index in [1.54, 1.807) is 48.5 Å². The number of nitrogens with one attached hydrogen (secondary N) is 3. The van der Waals surface area contributed by atoms with Gasteiger partial charge in [-0.25, -0.2) is 4.79 Å². The van der Waals surface area contributed by atoms with Crippen LogP contribution in [0.25, 0.3) is 0 Å². The molecular formula is C28H21N5O4. The second kappa shape index (κ2) is 10.1. The molecule has 37 heavy (non-hydrogen) atoms. The first-order valence-electron chi connectivity index (χ1n) is 11.5. The van der Waals surface area contributed by atoms with E-state index in [0.29, 0.717) is 58.0 Å². The molecule has 5 rings (SSSR count). The van der Waals surface area contributed by atoms with Crippen LogP contribution in [0.3, 0.4) is 0 Å². The van der Waals surface area contributed by atoms with Gasteiger partial charge in [-0.1, -0.05) is 24.3 Å². The van der Waals surface area contributed by atoms with Crippen LogP contribution in [0.2, 0.25) is 0 Å². The zero-order chi connectivity index (χ0) is 25.8. The standard InChI is InChI=1S/C28H21N5O4/c29-14-18-3-1-5-20(11-18)26-25(27(34)31-21-6-2-4-19(12-21)15-30)22(32-28(35)33-26)9-7-17-8-10-23-24(13-17)37-16-36-23/h1-6,8,10-13,26H,7,9,16H2,(H,31,34)(H2,32,33,35). The van der Waals surface area contributed by atoms with Crippen LogP contribution in [0.1, 0.15) is 34.7 Å². The number of benzene rings is 3. The molecule has 1 unspecified atom stereocenters. The molecule has 3 N–H and O–H groups in total. The van der Waals surface area contributed by atoms with E-state index in [4.69, 9.17) is 9.47 Å². The Morgan fingerprint density at radius 2 is 1.70 bits per heavy atom. The predicted molar refractivity (Wildman–Crippen MR) is 133 cm³/mol. The molecule has 0 spiro atoms. The maximum atomic E-state index is 13.6. The number of nitriles is 2. The van der Waals surface area contributed by atoms with E-state index in [0.717, 1.165) is 5.56 Å². The quantitative estimate of drug-likeness (QED) is 0.476. The normalized spacial score (nSPS) is 15.7. The number of hydrogen-bond donors (Lipinski definition) is 3. The molecule has 0 fully saturated rings. The second-order valence-corrected chi connectivity index (χ2v) is 8.50. The van der Waals surface area contributed by atoms with E-state index in [1.165, 1.54) is 0 Å². The van der Waals surface area contributed by atoms with Crippen LogP contribution < -0.4 is 25.4 Å². The van der Waals surface area contributed by atoms with Gasteiger partial charge >= 0.3 is 6.03 Å². The predicted octanol–water partition coefficient (Wildman–Crippen LogP) is 4.04. The summed E-state index contributed by atoms with van der Waals surface area (Å²) >= 11 is 0. The molecule has 3 aromatic rings. The Labute approximate surface area is 212 Å². The molecule has 0 aromatic heterocycles. The summed E-state index contributed by atoms with van der Waals surface area (Å²) in [6.45, 7) is 0.173. The Morgan fingerprint density at radius 1 is 0.946 bits per heavy atom.